The molecule has 0 unspecified atom stereocenters. The van der Waals surface area contributed by atoms with Gasteiger partial charge in [-0.15, -0.1) is 0 Å². The smallest absolute Gasteiger partial charge is 0.263 e. The average molecular weight is 422 g/mol. The van der Waals surface area contributed by atoms with Crippen LogP contribution in [-0.2, 0) is 4.79 Å². The number of methoxy groups -OCH3 is 2. The van der Waals surface area contributed by atoms with Gasteiger partial charge in [-0.05, 0) is 24.3 Å². The van der Waals surface area contributed by atoms with Crippen LogP contribution in [-0.4, -0.2) is 29.4 Å². The van der Waals surface area contributed by atoms with Crippen molar-refractivity contribution < 1.29 is 18.7 Å². The first kappa shape index (κ1) is 19.1. The van der Waals surface area contributed by atoms with Gasteiger partial charge in [-0.1, -0.05) is 35.8 Å². The van der Waals surface area contributed by atoms with Crippen molar-refractivity contribution in [3.63, 3.8) is 0 Å². The minimum Gasteiger partial charge on any atom is -0.493 e. The van der Waals surface area contributed by atoms with E-state index in [0.717, 1.165) is 10.9 Å². The third-order valence-electron chi connectivity index (χ3n) is 4.08. The number of benzene rings is 1. The molecule has 3 heterocycles. The lowest BCUT2D eigenvalue weighted by molar-refractivity contribution is -0.115. The standard InChI is InChI=1S/C21H14N2O4S2/c1-25-16-6-4-12(7-17(16)26-2)3-5-13-10-22-11-14-8-15(27-19(13)14)9-18-20(24)23-21(28)29-18/h4,6-11H,1-2H3,(H,23,24,28)/b18-9+. The number of hydrogen-bond acceptors (Lipinski definition) is 7. The van der Waals surface area contributed by atoms with Gasteiger partial charge in [-0.25, -0.2) is 0 Å². The first-order valence-electron chi connectivity index (χ1n) is 8.44. The van der Waals surface area contributed by atoms with E-state index >= 15 is 0 Å². The van der Waals surface area contributed by atoms with E-state index in [-0.39, 0.29) is 5.91 Å². The van der Waals surface area contributed by atoms with E-state index in [4.69, 9.17) is 26.1 Å². The number of furan rings is 1. The Kier molecular flexibility index (Phi) is 5.25. The Labute approximate surface area is 176 Å². The fourth-order valence-electron chi connectivity index (χ4n) is 2.75. The highest BCUT2D eigenvalue weighted by Crippen LogP contribution is 2.29. The maximum Gasteiger partial charge on any atom is 0.263 e. The van der Waals surface area contributed by atoms with Crippen molar-refractivity contribution in [2.45, 2.75) is 0 Å². The van der Waals surface area contributed by atoms with Gasteiger partial charge in [0.2, 0.25) is 0 Å². The molecule has 6 nitrogen and oxygen atoms in total. The van der Waals surface area contributed by atoms with E-state index in [2.05, 4.69) is 22.1 Å². The zero-order valence-electron chi connectivity index (χ0n) is 15.4. The van der Waals surface area contributed by atoms with Crippen LogP contribution in [0.25, 0.3) is 17.0 Å². The molecule has 0 spiro atoms. The van der Waals surface area contributed by atoms with E-state index in [9.17, 15) is 4.79 Å². The highest BCUT2D eigenvalue weighted by atomic mass is 32.2. The SMILES string of the molecule is COc1ccc(C#Cc2cncc3cc(/C=C4/SC(=S)NC4=O)oc23)cc1OC. The van der Waals surface area contributed by atoms with Crippen LogP contribution in [0.4, 0.5) is 0 Å². The number of nitrogens with zero attached hydrogens (tertiary/aromatic N) is 1. The summed E-state index contributed by atoms with van der Waals surface area (Å²) in [4.78, 5) is 16.6. The summed E-state index contributed by atoms with van der Waals surface area (Å²) in [6.45, 7) is 0. The summed E-state index contributed by atoms with van der Waals surface area (Å²) in [5.74, 6) is 7.72. The first-order valence-corrected chi connectivity index (χ1v) is 9.66. The minimum atomic E-state index is -0.230. The Hall–Kier alpha value is -3.28. The molecule has 29 heavy (non-hydrogen) atoms. The van der Waals surface area contributed by atoms with Crippen molar-refractivity contribution in [1.82, 2.24) is 10.3 Å². The molecule has 0 atom stereocenters. The second-order valence-electron chi connectivity index (χ2n) is 5.93. The van der Waals surface area contributed by atoms with Crippen LogP contribution in [0.5, 0.6) is 11.5 Å². The normalized spacial score (nSPS) is 14.6. The maximum absolute atomic E-state index is 11.8. The van der Waals surface area contributed by atoms with Crippen LogP contribution in [0.1, 0.15) is 16.9 Å². The van der Waals surface area contributed by atoms with Crippen LogP contribution in [0.2, 0.25) is 0 Å². The topological polar surface area (TPSA) is 73.6 Å². The molecule has 4 rings (SSSR count). The Morgan fingerprint density at radius 3 is 2.72 bits per heavy atom. The van der Waals surface area contributed by atoms with Crippen molar-refractivity contribution >= 4 is 51.3 Å². The highest BCUT2D eigenvalue weighted by molar-refractivity contribution is 8.26. The second-order valence-corrected chi connectivity index (χ2v) is 7.65. The number of pyridine rings is 1. The predicted octanol–water partition coefficient (Wildman–Crippen LogP) is 3.73. The monoisotopic (exact) mass is 422 g/mol. The van der Waals surface area contributed by atoms with Crippen molar-refractivity contribution in [2.24, 2.45) is 0 Å². The number of hydrogen-bond donors (Lipinski definition) is 1. The molecule has 1 amide bonds. The van der Waals surface area contributed by atoms with E-state index in [1.807, 2.05) is 12.1 Å². The van der Waals surface area contributed by atoms with Gasteiger partial charge in [-0.3, -0.25) is 9.78 Å². The van der Waals surface area contributed by atoms with Crippen LogP contribution in [0, 0.1) is 11.8 Å². The number of carbonyl (C=O) groups is 1. The zero-order valence-corrected chi connectivity index (χ0v) is 17.1. The molecule has 0 radical (unpaired) electrons. The number of rotatable bonds is 3. The fraction of sp³-hybridized carbons (Fsp3) is 0.0952. The van der Waals surface area contributed by atoms with Crippen molar-refractivity contribution in [2.75, 3.05) is 14.2 Å². The summed E-state index contributed by atoms with van der Waals surface area (Å²) in [5, 5.41) is 3.37. The third kappa shape index (κ3) is 3.97. The lowest BCUT2D eigenvalue weighted by Gasteiger charge is -2.06. The summed E-state index contributed by atoms with van der Waals surface area (Å²) < 4.78 is 16.9. The number of carbonyl (C=O) groups excluding carboxylic acids is 1. The zero-order chi connectivity index (χ0) is 20.4. The molecule has 1 aliphatic heterocycles. The molecule has 144 valence electrons. The van der Waals surface area contributed by atoms with Gasteiger partial charge in [-0.2, -0.15) is 0 Å². The van der Waals surface area contributed by atoms with Crippen LogP contribution < -0.4 is 14.8 Å². The molecule has 8 heteroatoms. The Bertz CT molecular complexity index is 1230. The molecule has 0 aliphatic carbocycles. The Morgan fingerprint density at radius 2 is 2.00 bits per heavy atom. The molecule has 1 saturated heterocycles. The van der Waals surface area contributed by atoms with Crippen LogP contribution in [0.15, 0.2) is 46.0 Å². The van der Waals surface area contributed by atoms with E-state index in [1.54, 1.807) is 44.8 Å². The summed E-state index contributed by atoms with van der Waals surface area (Å²) >= 11 is 6.21. The molecule has 0 saturated carbocycles. The maximum atomic E-state index is 11.8. The van der Waals surface area contributed by atoms with Gasteiger partial charge in [0.1, 0.15) is 10.1 Å². The quantitative estimate of drug-likeness (QED) is 0.392. The fourth-order valence-corrected chi connectivity index (χ4v) is 3.77. The number of amides is 1. The van der Waals surface area contributed by atoms with Crippen molar-refractivity contribution in [3.8, 4) is 23.3 Å². The molecule has 1 fully saturated rings. The molecular formula is C21H14N2O4S2. The highest BCUT2D eigenvalue weighted by Gasteiger charge is 2.22. The third-order valence-corrected chi connectivity index (χ3v) is 5.24. The molecule has 1 aliphatic rings. The van der Waals surface area contributed by atoms with Crippen LogP contribution in [0.3, 0.4) is 0 Å². The number of thioether (sulfide) groups is 1. The summed E-state index contributed by atoms with van der Waals surface area (Å²) in [7, 11) is 3.16. The number of fused-ring (bicyclic) bond motifs is 1. The Morgan fingerprint density at radius 1 is 1.17 bits per heavy atom. The Balaban J connectivity index is 1.69. The number of nitrogens with one attached hydrogen (secondary N) is 1. The lowest BCUT2D eigenvalue weighted by atomic mass is 10.1. The number of aromatic nitrogens is 1. The summed E-state index contributed by atoms with van der Waals surface area (Å²) in [5.41, 5.74) is 2.01. The minimum absolute atomic E-state index is 0.230. The van der Waals surface area contributed by atoms with Gasteiger partial charge >= 0.3 is 0 Å². The molecule has 2 aromatic heterocycles. The van der Waals surface area contributed by atoms with Gasteiger partial charge in [0, 0.05) is 29.4 Å². The van der Waals surface area contributed by atoms with Crippen LogP contribution >= 0.6 is 24.0 Å². The predicted molar refractivity (Wildman–Crippen MR) is 116 cm³/mol. The van der Waals surface area contributed by atoms with Gasteiger partial charge in [0.25, 0.3) is 5.91 Å². The molecule has 1 aromatic carbocycles. The second kappa shape index (κ2) is 7.99. The largest absolute Gasteiger partial charge is 0.493 e. The number of thiocarbonyl (C=S) groups is 1. The lowest BCUT2D eigenvalue weighted by Crippen LogP contribution is -2.17. The molecule has 0 bridgehead atoms. The summed E-state index contributed by atoms with van der Waals surface area (Å²) in [6, 6.07) is 7.26. The average Bonchev–Trinajstić information content (AvgIpc) is 3.28. The van der Waals surface area contributed by atoms with Crippen molar-refractivity contribution in [1.29, 1.82) is 0 Å². The van der Waals surface area contributed by atoms with E-state index < -0.39 is 0 Å². The van der Waals surface area contributed by atoms with Crippen molar-refractivity contribution in [3.05, 3.63) is 58.5 Å². The number of ether oxygens (including phenoxy) is 2. The van der Waals surface area contributed by atoms with Gasteiger partial charge in [0.15, 0.2) is 17.1 Å². The summed E-state index contributed by atoms with van der Waals surface area (Å²) in [6.07, 6.45) is 4.99. The van der Waals surface area contributed by atoms with Gasteiger partial charge in [0.05, 0.1) is 24.7 Å². The molecule has 3 aromatic rings. The van der Waals surface area contributed by atoms with Gasteiger partial charge < -0.3 is 19.2 Å². The molecular weight excluding hydrogens is 408 g/mol. The van der Waals surface area contributed by atoms with E-state index in [1.165, 1.54) is 11.8 Å². The molecule has 1 N–H and O–H groups in total. The van der Waals surface area contributed by atoms with E-state index in [0.29, 0.717) is 37.6 Å². The first-order chi connectivity index (χ1) is 14.1.